The van der Waals surface area contributed by atoms with Crippen LogP contribution in [0.5, 0.6) is 0 Å². The Morgan fingerprint density at radius 1 is 1.12 bits per heavy atom. The molecule has 0 unspecified atom stereocenters. The van der Waals surface area contributed by atoms with Gasteiger partial charge in [-0.2, -0.15) is 0 Å². The zero-order valence-electron chi connectivity index (χ0n) is 17.8. The number of thiophene rings is 1. The topological polar surface area (TPSA) is 70.2 Å². The number of rotatable bonds is 3. The zero-order valence-corrected chi connectivity index (χ0v) is 18.6. The van der Waals surface area contributed by atoms with Crippen LogP contribution in [0.4, 0.5) is 0 Å². The van der Waals surface area contributed by atoms with Gasteiger partial charge in [-0.05, 0) is 37.1 Å². The quantitative estimate of drug-likeness (QED) is 0.385. The van der Waals surface area contributed by atoms with Gasteiger partial charge in [-0.15, -0.1) is 11.3 Å². The minimum atomic E-state index is -0.307. The average Bonchev–Trinajstić information content (AvgIpc) is 3.43. The zero-order chi connectivity index (χ0) is 21.9. The number of nitrogens with zero attached hydrogens (tertiary/aromatic N) is 3. The lowest BCUT2D eigenvalue weighted by Crippen LogP contribution is -2.32. The number of furan rings is 1. The summed E-state index contributed by atoms with van der Waals surface area (Å²) in [6, 6.07) is 13.7. The van der Waals surface area contributed by atoms with Crippen LogP contribution in [0.1, 0.15) is 30.5 Å². The first-order valence-corrected chi connectivity index (χ1v) is 11.4. The van der Waals surface area contributed by atoms with E-state index in [1.807, 2.05) is 42.5 Å². The number of hydrogen-bond donors (Lipinski definition) is 0. The molecule has 7 heteroatoms. The van der Waals surface area contributed by atoms with E-state index in [0.29, 0.717) is 23.6 Å². The van der Waals surface area contributed by atoms with Crippen LogP contribution in [0.3, 0.4) is 0 Å². The Morgan fingerprint density at radius 2 is 1.97 bits per heavy atom. The first-order chi connectivity index (χ1) is 15.5. The molecule has 160 valence electrons. The molecule has 0 N–H and O–H groups in total. The predicted octanol–water partition coefficient (Wildman–Crippen LogP) is 5.17. The fourth-order valence-corrected chi connectivity index (χ4v) is 5.52. The largest absolute Gasteiger partial charge is 0.463 e. The molecule has 1 aromatic carbocycles. The van der Waals surface area contributed by atoms with Crippen molar-refractivity contribution >= 4 is 31.8 Å². The molecule has 0 aliphatic carbocycles. The maximum atomic E-state index is 13.4. The number of benzene rings is 1. The molecule has 6 rings (SSSR count). The third kappa shape index (κ3) is 3.08. The second-order valence-corrected chi connectivity index (χ2v) is 9.74. The van der Waals surface area contributed by atoms with Crippen LogP contribution in [0.25, 0.3) is 31.9 Å². The molecular weight excluding hydrogens is 422 g/mol. The molecule has 5 aromatic rings. The van der Waals surface area contributed by atoms with Gasteiger partial charge in [-0.1, -0.05) is 30.3 Å². The van der Waals surface area contributed by atoms with Gasteiger partial charge < -0.3 is 9.15 Å². The summed E-state index contributed by atoms with van der Waals surface area (Å²) in [5, 5.41) is 0.968. The second kappa shape index (κ2) is 7.12. The Hall–Kier alpha value is -3.29. The third-order valence-electron chi connectivity index (χ3n) is 5.97. The van der Waals surface area contributed by atoms with Gasteiger partial charge in [0.25, 0.3) is 5.56 Å². The minimum Gasteiger partial charge on any atom is -0.463 e. The highest BCUT2D eigenvalue weighted by Gasteiger charge is 2.32. The summed E-state index contributed by atoms with van der Waals surface area (Å²) >= 11 is 1.41. The molecule has 0 atom stereocenters. The van der Waals surface area contributed by atoms with Gasteiger partial charge in [0.05, 0.1) is 36.9 Å². The molecule has 0 radical (unpaired) electrons. The number of pyridine rings is 1. The van der Waals surface area contributed by atoms with Crippen molar-refractivity contribution in [3.05, 3.63) is 82.1 Å². The summed E-state index contributed by atoms with van der Waals surface area (Å²) < 4.78 is 14.1. The molecule has 4 aromatic heterocycles. The minimum absolute atomic E-state index is 0.0403. The van der Waals surface area contributed by atoms with Crippen molar-refractivity contribution in [2.24, 2.45) is 0 Å². The molecule has 0 saturated carbocycles. The lowest BCUT2D eigenvalue weighted by Gasteiger charge is -2.32. The predicted molar refractivity (Wildman–Crippen MR) is 125 cm³/mol. The Kier molecular flexibility index (Phi) is 4.31. The van der Waals surface area contributed by atoms with E-state index in [4.69, 9.17) is 19.1 Å². The summed E-state index contributed by atoms with van der Waals surface area (Å²) in [4.78, 5) is 23.9. The number of fused-ring (bicyclic) bond motifs is 5. The van der Waals surface area contributed by atoms with Crippen molar-refractivity contribution in [2.75, 3.05) is 0 Å². The van der Waals surface area contributed by atoms with Gasteiger partial charge >= 0.3 is 0 Å². The van der Waals surface area contributed by atoms with Crippen molar-refractivity contribution in [1.82, 2.24) is 14.5 Å². The Labute approximate surface area is 188 Å². The summed E-state index contributed by atoms with van der Waals surface area (Å²) in [6.45, 7) is 5.11. The van der Waals surface area contributed by atoms with Crippen molar-refractivity contribution in [1.29, 1.82) is 0 Å². The van der Waals surface area contributed by atoms with E-state index in [1.54, 1.807) is 17.2 Å². The molecular formula is C25H21N3O3S. The molecule has 0 bridgehead atoms. The molecule has 5 heterocycles. The van der Waals surface area contributed by atoms with Gasteiger partial charge in [-0.3, -0.25) is 9.36 Å². The number of aromatic nitrogens is 3. The Bertz CT molecular complexity index is 1520. The molecule has 1 aliphatic rings. The SMILES string of the molecule is CC1(C)Cc2c(c(-c3ccco3)nc3sc4c(=O)n(Cc5ccccc5)cnc4c23)CO1. The molecule has 0 amide bonds. The molecule has 0 fully saturated rings. The highest BCUT2D eigenvalue weighted by Crippen LogP contribution is 2.42. The smallest absolute Gasteiger partial charge is 0.271 e. The molecule has 1 aliphatic heterocycles. The Morgan fingerprint density at radius 3 is 2.75 bits per heavy atom. The molecule has 6 nitrogen and oxygen atoms in total. The van der Waals surface area contributed by atoms with Crippen LogP contribution in [0, 0.1) is 0 Å². The van der Waals surface area contributed by atoms with E-state index in [1.165, 1.54) is 11.3 Å². The first kappa shape index (κ1) is 19.4. The van der Waals surface area contributed by atoms with E-state index < -0.39 is 0 Å². The molecule has 0 saturated heterocycles. The first-order valence-electron chi connectivity index (χ1n) is 10.6. The van der Waals surface area contributed by atoms with Crippen LogP contribution in [-0.2, 0) is 24.3 Å². The third-order valence-corrected chi connectivity index (χ3v) is 7.03. The average molecular weight is 444 g/mol. The summed E-state index contributed by atoms with van der Waals surface area (Å²) in [6.07, 6.45) is 4.02. The van der Waals surface area contributed by atoms with Crippen LogP contribution in [0.2, 0.25) is 0 Å². The number of hydrogen-bond acceptors (Lipinski definition) is 6. The lowest BCUT2D eigenvalue weighted by molar-refractivity contribution is -0.0395. The van der Waals surface area contributed by atoms with Gasteiger partial charge in [0.1, 0.15) is 15.2 Å². The van der Waals surface area contributed by atoms with Crippen LogP contribution >= 0.6 is 11.3 Å². The lowest BCUT2D eigenvalue weighted by atomic mass is 9.89. The highest BCUT2D eigenvalue weighted by molar-refractivity contribution is 7.25. The highest BCUT2D eigenvalue weighted by atomic mass is 32.1. The summed E-state index contributed by atoms with van der Waals surface area (Å²) in [7, 11) is 0. The van der Waals surface area contributed by atoms with Gasteiger partial charge in [0.15, 0.2) is 5.76 Å². The van der Waals surface area contributed by atoms with E-state index in [9.17, 15) is 4.79 Å². The molecule has 32 heavy (non-hydrogen) atoms. The fraction of sp³-hybridized carbons (Fsp3) is 0.240. The van der Waals surface area contributed by atoms with Crippen molar-refractivity contribution in [3.8, 4) is 11.5 Å². The van der Waals surface area contributed by atoms with E-state index in [-0.39, 0.29) is 11.2 Å². The van der Waals surface area contributed by atoms with Gasteiger partial charge in [-0.25, -0.2) is 9.97 Å². The summed E-state index contributed by atoms with van der Waals surface area (Å²) in [5.41, 5.74) is 4.39. The van der Waals surface area contributed by atoms with Crippen molar-refractivity contribution in [3.63, 3.8) is 0 Å². The normalized spacial score (nSPS) is 15.3. The number of ether oxygens (including phenoxy) is 1. The van der Waals surface area contributed by atoms with Crippen molar-refractivity contribution < 1.29 is 9.15 Å². The van der Waals surface area contributed by atoms with Crippen LogP contribution in [-0.4, -0.2) is 20.1 Å². The van der Waals surface area contributed by atoms with E-state index in [2.05, 4.69) is 13.8 Å². The van der Waals surface area contributed by atoms with Gasteiger partial charge in [0.2, 0.25) is 0 Å². The standard InChI is InChI=1S/C25H21N3O3S/c1-25(2)11-16-17(13-31-25)20(18-9-6-10-30-18)27-23-19(16)21-22(32-23)24(29)28(14-26-21)12-15-7-4-3-5-8-15/h3-10,14H,11-13H2,1-2H3. The van der Waals surface area contributed by atoms with E-state index >= 15 is 0 Å². The van der Waals surface area contributed by atoms with E-state index in [0.717, 1.165) is 44.5 Å². The van der Waals surface area contributed by atoms with Crippen molar-refractivity contribution in [2.45, 2.75) is 39.0 Å². The maximum absolute atomic E-state index is 13.4. The van der Waals surface area contributed by atoms with Crippen LogP contribution < -0.4 is 5.56 Å². The molecule has 0 spiro atoms. The Balaban J connectivity index is 1.60. The monoisotopic (exact) mass is 443 g/mol. The van der Waals surface area contributed by atoms with Crippen LogP contribution in [0.15, 0.2) is 64.3 Å². The maximum Gasteiger partial charge on any atom is 0.271 e. The summed E-state index contributed by atoms with van der Waals surface area (Å²) in [5.74, 6) is 0.707. The fourth-order valence-electron chi connectivity index (χ4n) is 4.41. The second-order valence-electron chi connectivity index (χ2n) is 8.74. The van der Waals surface area contributed by atoms with Gasteiger partial charge in [0, 0.05) is 17.4 Å².